The highest BCUT2D eigenvalue weighted by atomic mass is 32.1. The Morgan fingerprint density at radius 1 is 0.905 bits per heavy atom. The zero-order chi connectivity index (χ0) is 15.1. The summed E-state index contributed by atoms with van der Waals surface area (Å²) in [4.78, 5) is 0.371. The van der Waals surface area contributed by atoms with Gasteiger partial charge in [0.2, 0.25) is 0 Å². The molecule has 0 saturated heterocycles. The van der Waals surface area contributed by atoms with E-state index in [1.54, 1.807) is 0 Å². The molecule has 0 spiro atoms. The van der Waals surface area contributed by atoms with Gasteiger partial charge in [-0.25, -0.2) is 0 Å². The number of benzene rings is 2. The molecule has 21 heavy (non-hydrogen) atoms. The van der Waals surface area contributed by atoms with Gasteiger partial charge in [-0.05, 0) is 42.0 Å². The monoisotopic (exact) mass is 303 g/mol. The highest BCUT2D eigenvalue weighted by molar-refractivity contribution is 7.80. The molecule has 0 fully saturated rings. The van der Waals surface area contributed by atoms with Gasteiger partial charge in [-0.2, -0.15) is 0 Å². The summed E-state index contributed by atoms with van der Waals surface area (Å²) in [6, 6.07) is 14.6. The summed E-state index contributed by atoms with van der Waals surface area (Å²) in [5.74, 6) is 1.49. The molecule has 0 aliphatic rings. The zero-order valence-electron chi connectivity index (χ0n) is 11.5. The van der Waals surface area contributed by atoms with Crippen LogP contribution in [0.15, 0.2) is 48.5 Å². The van der Waals surface area contributed by atoms with Crippen molar-refractivity contribution in [2.45, 2.75) is 6.61 Å². The second-order valence-corrected chi connectivity index (χ2v) is 4.83. The Morgan fingerprint density at radius 3 is 1.81 bits per heavy atom. The molecule has 0 heterocycles. The predicted molar refractivity (Wildman–Crippen MR) is 85.7 cm³/mol. The van der Waals surface area contributed by atoms with E-state index in [1.807, 2.05) is 48.5 Å². The number of aliphatic hydroxyl groups is 1. The number of thiocarbonyl (C=S) groups is 1. The summed E-state index contributed by atoms with van der Waals surface area (Å²) >= 11 is 4.88. The van der Waals surface area contributed by atoms with Crippen molar-refractivity contribution in [2.75, 3.05) is 13.2 Å². The first-order valence-electron chi connectivity index (χ1n) is 6.54. The van der Waals surface area contributed by atoms with Gasteiger partial charge in [0.05, 0.1) is 6.61 Å². The van der Waals surface area contributed by atoms with Crippen LogP contribution in [0.2, 0.25) is 0 Å². The Hall–Kier alpha value is -2.11. The first-order valence-corrected chi connectivity index (χ1v) is 6.95. The smallest absolute Gasteiger partial charge is 0.122 e. The van der Waals surface area contributed by atoms with Crippen molar-refractivity contribution in [2.24, 2.45) is 5.73 Å². The predicted octanol–water partition coefficient (Wildman–Crippen LogP) is 2.27. The van der Waals surface area contributed by atoms with Crippen LogP contribution in [0.1, 0.15) is 11.1 Å². The molecule has 5 heteroatoms. The maximum absolute atomic E-state index is 8.95. The number of nitrogens with two attached hydrogens (primary N) is 1. The van der Waals surface area contributed by atoms with Crippen LogP contribution in [-0.4, -0.2) is 23.3 Å². The topological polar surface area (TPSA) is 64.7 Å². The Bertz CT molecular complexity index is 581. The van der Waals surface area contributed by atoms with Gasteiger partial charge < -0.3 is 20.3 Å². The molecular weight excluding hydrogens is 286 g/mol. The Morgan fingerprint density at radius 2 is 1.38 bits per heavy atom. The highest BCUT2D eigenvalue weighted by Gasteiger charge is 1.99. The molecule has 0 atom stereocenters. The van der Waals surface area contributed by atoms with Gasteiger partial charge >= 0.3 is 0 Å². The number of hydrogen-bond donors (Lipinski definition) is 2. The molecule has 0 unspecified atom stereocenters. The van der Waals surface area contributed by atoms with Gasteiger partial charge in [-0.3, -0.25) is 0 Å². The minimum Gasteiger partial charge on any atom is -0.490 e. The number of ether oxygens (including phenoxy) is 2. The number of aliphatic hydroxyl groups excluding tert-OH is 1. The van der Waals surface area contributed by atoms with Crippen LogP contribution in [0.5, 0.6) is 11.5 Å². The molecule has 4 nitrogen and oxygen atoms in total. The van der Waals surface area contributed by atoms with Crippen molar-refractivity contribution >= 4 is 17.2 Å². The van der Waals surface area contributed by atoms with Crippen LogP contribution in [0, 0.1) is 0 Å². The first kappa shape index (κ1) is 15.3. The summed E-state index contributed by atoms with van der Waals surface area (Å²) in [5.41, 5.74) is 7.20. The molecule has 0 aromatic heterocycles. The second-order valence-electron chi connectivity index (χ2n) is 4.39. The van der Waals surface area contributed by atoms with Crippen molar-refractivity contribution in [3.63, 3.8) is 0 Å². The van der Waals surface area contributed by atoms with E-state index < -0.39 is 0 Å². The highest BCUT2D eigenvalue weighted by Crippen LogP contribution is 2.14. The third-order valence-corrected chi connectivity index (χ3v) is 3.10. The fourth-order valence-electron chi connectivity index (χ4n) is 1.73. The van der Waals surface area contributed by atoms with Crippen LogP contribution in [-0.2, 0) is 6.61 Å². The maximum Gasteiger partial charge on any atom is 0.122 e. The molecule has 3 N–H and O–H groups in total. The maximum atomic E-state index is 8.95. The minimum atomic E-state index is 0.0334. The normalized spacial score (nSPS) is 10.1. The van der Waals surface area contributed by atoms with Gasteiger partial charge in [0, 0.05) is 5.56 Å². The molecule has 0 saturated carbocycles. The van der Waals surface area contributed by atoms with Crippen molar-refractivity contribution in [1.29, 1.82) is 0 Å². The average Bonchev–Trinajstić information content (AvgIpc) is 2.52. The molecule has 2 rings (SSSR count). The van der Waals surface area contributed by atoms with Crippen molar-refractivity contribution in [3.8, 4) is 11.5 Å². The lowest BCUT2D eigenvalue weighted by atomic mass is 10.2. The van der Waals surface area contributed by atoms with E-state index >= 15 is 0 Å². The van der Waals surface area contributed by atoms with Gasteiger partial charge in [-0.15, -0.1) is 0 Å². The fourth-order valence-corrected chi connectivity index (χ4v) is 1.86. The van der Waals surface area contributed by atoms with Gasteiger partial charge in [0.25, 0.3) is 0 Å². The second kappa shape index (κ2) is 7.61. The van der Waals surface area contributed by atoms with Crippen LogP contribution >= 0.6 is 12.2 Å². The van der Waals surface area contributed by atoms with Crippen LogP contribution in [0.25, 0.3) is 0 Å². The molecule has 0 amide bonds. The van der Waals surface area contributed by atoms with Crippen LogP contribution in [0.4, 0.5) is 0 Å². The van der Waals surface area contributed by atoms with E-state index in [4.69, 9.17) is 32.5 Å². The van der Waals surface area contributed by atoms with Crippen LogP contribution in [0.3, 0.4) is 0 Å². The van der Waals surface area contributed by atoms with Crippen LogP contribution < -0.4 is 15.2 Å². The third kappa shape index (κ3) is 4.73. The molecule has 110 valence electrons. The first-order chi connectivity index (χ1) is 10.2. The molecule has 0 aliphatic carbocycles. The van der Waals surface area contributed by atoms with E-state index in [9.17, 15) is 0 Å². The van der Waals surface area contributed by atoms with Gasteiger partial charge in [0.15, 0.2) is 0 Å². The SMILES string of the molecule is NC(=S)c1ccc(OCCOc2ccc(CO)cc2)cc1. The molecular formula is C16H17NO3S. The number of rotatable bonds is 7. The fraction of sp³-hybridized carbons (Fsp3) is 0.188. The van der Waals surface area contributed by atoms with Gasteiger partial charge in [0.1, 0.15) is 29.7 Å². The quantitative estimate of drug-likeness (QED) is 0.607. The third-order valence-electron chi connectivity index (χ3n) is 2.87. The van der Waals surface area contributed by atoms with Gasteiger partial charge in [-0.1, -0.05) is 24.4 Å². The Balaban J connectivity index is 1.74. The standard InChI is InChI=1S/C16H17NO3S/c17-16(21)13-3-7-15(8-4-13)20-10-9-19-14-5-1-12(11-18)2-6-14/h1-8,18H,9-11H2,(H2,17,21). The van der Waals surface area contributed by atoms with Crippen molar-refractivity contribution in [1.82, 2.24) is 0 Å². The van der Waals surface area contributed by atoms with E-state index in [0.29, 0.717) is 18.2 Å². The molecule has 0 bridgehead atoms. The molecule has 0 radical (unpaired) electrons. The van der Waals surface area contributed by atoms with E-state index in [2.05, 4.69) is 0 Å². The lowest BCUT2D eigenvalue weighted by molar-refractivity contribution is 0.217. The summed E-state index contributed by atoms with van der Waals surface area (Å²) in [5, 5.41) is 8.95. The number of hydrogen-bond acceptors (Lipinski definition) is 4. The molecule has 2 aromatic rings. The lowest BCUT2D eigenvalue weighted by Crippen LogP contribution is -2.10. The summed E-state index contributed by atoms with van der Waals surface area (Å²) < 4.78 is 11.1. The Labute approximate surface area is 129 Å². The van der Waals surface area contributed by atoms with Crippen molar-refractivity contribution in [3.05, 3.63) is 59.7 Å². The van der Waals surface area contributed by atoms with E-state index in [1.165, 1.54) is 0 Å². The minimum absolute atomic E-state index is 0.0334. The zero-order valence-corrected chi connectivity index (χ0v) is 12.3. The van der Waals surface area contributed by atoms with E-state index in [-0.39, 0.29) is 6.61 Å². The molecule has 2 aromatic carbocycles. The summed E-state index contributed by atoms with van der Waals surface area (Å²) in [6.07, 6.45) is 0. The summed E-state index contributed by atoms with van der Waals surface area (Å²) in [6.45, 7) is 0.912. The lowest BCUT2D eigenvalue weighted by Gasteiger charge is -2.09. The Kier molecular flexibility index (Phi) is 5.54. The average molecular weight is 303 g/mol. The van der Waals surface area contributed by atoms with E-state index in [0.717, 1.165) is 22.6 Å². The largest absolute Gasteiger partial charge is 0.490 e. The van der Waals surface area contributed by atoms with Crippen molar-refractivity contribution < 1.29 is 14.6 Å². The molecule has 0 aliphatic heterocycles. The summed E-state index contributed by atoms with van der Waals surface area (Å²) in [7, 11) is 0.